The Balaban J connectivity index is 2.34. The van der Waals surface area contributed by atoms with Gasteiger partial charge < -0.3 is 10.1 Å². The summed E-state index contributed by atoms with van der Waals surface area (Å²) in [5.41, 5.74) is 0. The van der Waals surface area contributed by atoms with Crippen molar-refractivity contribution in [3.8, 4) is 0 Å². The molecule has 0 bridgehead atoms. The highest BCUT2D eigenvalue weighted by Gasteiger charge is 2.08. The first-order chi connectivity index (χ1) is 7.13. The van der Waals surface area contributed by atoms with Crippen LogP contribution in [0.5, 0.6) is 0 Å². The van der Waals surface area contributed by atoms with E-state index in [0.717, 1.165) is 3.79 Å². The Bertz CT molecular complexity index is 364. The summed E-state index contributed by atoms with van der Waals surface area (Å²) >= 11 is 4.62. The van der Waals surface area contributed by atoms with Gasteiger partial charge in [-0.1, -0.05) is 0 Å². The third-order valence-corrected chi connectivity index (χ3v) is 3.26. The molecule has 0 fully saturated rings. The molecule has 0 spiro atoms. The zero-order chi connectivity index (χ0) is 11.3. The Labute approximate surface area is 99.8 Å². The topological polar surface area (TPSA) is 55.4 Å². The van der Waals surface area contributed by atoms with Gasteiger partial charge in [0.1, 0.15) is 0 Å². The first kappa shape index (κ1) is 12.2. The Morgan fingerprint density at radius 2 is 2.27 bits per heavy atom. The van der Waals surface area contributed by atoms with Crippen LogP contribution in [0.25, 0.3) is 0 Å². The highest BCUT2D eigenvalue weighted by atomic mass is 79.9. The molecule has 1 aromatic rings. The quantitative estimate of drug-likeness (QED) is 0.861. The second kappa shape index (κ2) is 5.87. The number of rotatable bonds is 4. The molecule has 0 aliphatic carbocycles. The van der Waals surface area contributed by atoms with E-state index < -0.39 is 0 Å². The largest absolute Gasteiger partial charge is 0.469 e. The molecule has 0 aromatic carbocycles. The Morgan fingerprint density at radius 3 is 2.80 bits per heavy atom. The molecule has 0 saturated carbocycles. The summed E-state index contributed by atoms with van der Waals surface area (Å²) in [5, 5.41) is 2.63. The molecule has 6 heteroatoms. The summed E-state index contributed by atoms with van der Waals surface area (Å²) in [7, 11) is 1.32. The number of ether oxygens (including phenoxy) is 1. The van der Waals surface area contributed by atoms with E-state index in [4.69, 9.17) is 0 Å². The molecule has 1 amide bonds. The van der Waals surface area contributed by atoms with Gasteiger partial charge in [0, 0.05) is 6.54 Å². The fourth-order valence-corrected chi connectivity index (χ4v) is 2.21. The van der Waals surface area contributed by atoms with Gasteiger partial charge in [-0.25, -0.2) is 0 Å². The lowest BCUT2D eigenvalue weighted by molar-refractivity contribution is -0.140. The number of amides is 1. The minimum atomic E-state index is -0.331. The van der Waals surface area contributed by atoms with Gasteiger partial charge in [0.05, 0.1) is 22.2 Å². The zero-order valence-corrected chi connectivity index (χ0v) is 10.5. The van der Waals surface area contributed by atoms with Crippen LogP contribution in [0.3, 0.4) is 0 Å². The van der Waals surface area contributed by atoms with Gasteiger partial charge >= 0.3 is 5.97 Å². The van der Waals surface area contributed by atoms with Crippen molar-refractivity contribution in [2.45, 2.75) is 6.42 Å². The molecule has 1 aromatic heterocycles. The van der Waals surface area contributed by atoms with E-state index in [1.54, 1.807) is 12.1 Å². The van der Waals surface area contributed by atoms with Gasteiger partial charge in [-0.2, -0.15) is 0 Å². The number of nitrogens with one attached hydrogen (secondary N) is 1. The van der Waals surface area contributed by atoms with Gasteiger partial charge in [0.2, 0.25) is 0 Å². The summed E-state index contributed by atoms with van der Waals surface area (Å²) in [6, 6.07) is 3.53. The lowest BCUT2D eigenvalue weighted by atomic mass is 10.4. The van der Waals surface area contributed by atoms with E-state index in [9.17, 15) is 9.59 Å². The molecule has 1 rings (SSSR count). The SMILES string of the molecule is COC(=O)CCNC(=O)c1ccc(Br)s1. The summed E-state index contributed by atoms with van der Waals surface area (Å²) in [4.78, 5) is 22.8. The lowest BCUT2D eigenvalue weighted by Crippen LogP contribution is -2.25. The number of hydrogen-bond acceptors (Lipinski definition) is 4. The second-order valence-electron chi connectivity index (χ2n) is 2.69. The van der Waals surface area contributed by atoms with Crippen molar-refractivity contribution < 1.29 is 14.3 Å². The monoisotopic (exact) mass is 291 g/mol. The van der Waals surface area contributed by atoms with Crippen LogP contribution < -0.4 is 5.32 Å². The highest BCUT2D eigenvalue weighted by Crippen LogP contribution is 2.21. The van der Waals surface area contributed by atoms with E-state index in [2.05, 4.69) is 26.0 Å². The third kappa shape index (κ3) is 4.01. The van der Waals surface area contributed by atoms with Crippen molar-refractivity contribution in [2.75, 3.05) is 13.7 Å². The van der Waals surface area contributed by atoms with Gasteiger partial charge in [0.25, 0.3) is 5.91 Å². The Kier molecular flexibility index (Phi) is 4.77. The highest BCUT2D eigenvalue weighted by molar-refractivity contribution is 9.11. The molecular weight excluding hydrogens is 282 g/mol. The standard InChI is InChI=1S/C9H10BrNO3S/c1-14-8(12)4-5-11-9(13)6-2-3-7(10)15-6/h2-3H,4-5H2,1H3,(H,11,13). The summed E-state index contributed by atoms with van der Waals surface area (Å²) < 4.78 is 5.35. The number of carbonyl (C=O) groups excluding carboxylic acids is 2. The van der Waals surface area contributed by atoms with Crippen LogP contribution in [0.15, 0.2) is 15.9 Å². The van der Waals surface area contributed by atoms with E-state index in [-0.39, 0.29) is 18.3 Å². The van der Waals surface area contributed by atoms with Crippen LogP contribution in [0, 0.1) is 0 Å². The van der Waals surface area contributed by atoms with Crippen LogP contribution in [-0.4, -0.2) is 25.5 Å². The van der Waals surface area contributed by atoms with Gasteiger partial charge in [-0.15, -0.1) is 11.3 Å². The van der Waals surface area contributed by atoms with Crippen molar-refractivity contribution >= 4 is 39.1 Å². The number of carbonyl (C=O) groups is 2. The van der Waals surface area contributed by atoms with Gasteiger partial charge in [0.15, 0.2) is 0 Å². The number of thiophene rings is 1. The van der Waals surface area contributed by atoms with Crippen LogP contribution in [0.2, 0.25) is 0 Å². The maximum atomic E-state index is 11.5. The molecule has 0 aliphatic rings. The van der Waals surface area contributed by atoms with Crippen molar-refractivity contribution in [1.29, 1.82) is 0 Å². The molecule has 0 radical (unpaired) electrons. The van der Waals surface area contributed by atoms with Crippen molar-refractivity contribution in [3.05, 3.63) is 20.8 Å². The van der Waals surface area contributed by atoms with E-state index in [1.807, 2.05) is 0 Å². The normalized spacial score (nSPS) is 9.73. The number of methoxy groups -OCH3 is 1. The lowest BCUT2D eigenvalue weighted by Gasteiger charge is -2.01. The fraction of sp³-hybridized carbons (Fsp3) is 0.333. The smallest absolute Gasteiger partial charge is 0.307 e. The van der Waals surface area contributed by atoms with E-state index in [1.165, 1.54) is 18.4 Å². The molecule has 0 saturated heterocycles. The molecular formula is C9H10BrNO3S. The molecule has 1 N–H and O–H groups in total. The summed E-state index contributed by atoms with van der Waals surface area (Å²) in [6.07, 6.45) is 0.189. The van der Waals surface area contributed by atoms with Crippen LogP contribution in [0.4, 0.5) is 0 Å². The third-order valence-electron chi connectivity index (χ3n) is 1.64. The van der Waals surface area contributed by atoms with Crippen molar-refractivity contribution in [3.63, 3.8) is 0 Å². The summed E-state index contributed by atoms with van der Waals surface area (Å²) in [5.74, 6) is -0.503. The average Bonchev–Trinajstić information content (AvgIpc) is 2.64. The molecule has 0 unspecified atom stereocenters. The Morgan fingerprint density at radius 1 is 1.53 bits per heavy atom. The van der Waals surface area contributed by atoms with Crippen molar-refractivity contribution in [1.82, 2.24) is 5.32 Å². The number of halogens is 1. The number of hydrogen-bond donors (Lipinski definition) is 1. The van der Waals surface area contributed by atoms with E-state index >= 15 is 0 Å². The first-order valence-corrected chi connectivity index (χ1v) is 5.85. The predicted molar refractivity (Wildman–Crippen MR) is 61.0 cm³/mol. The molecule has 0 atom stereocenters. The van der Waals surface area contributed by atoms with Crippen molar-refractivity contribution in [2.24, 2.45) is 0 Å². The van der Waals surface area contributed by atoms with E-state index in [0.29, 0.717) is 11.4 Å². The molecule has 82 valence electrons. The zero-order valence-electron chi connectivity index (χ0n) is 8.08. The minimum Gasteiger partial charge on any atom is -0.469 e. The minimum absolute atomic E-state index is 0.172. The molecule has 15 heavy (non-hydrogen) atoms. The predicted octanol–water partition coefficient (Wildman–Crippen LogP) is 1.80. The maximum absolute atomic E-state index is 11.5. The maximum Gasteiger partial charge on any atom is 0.307 e. The molecule has 1 heterocycles. The average molecular weight is 292 g/mol. The van der Waals surface area contributed by atoms with Crippen LogP contribution >= 0.6 is 27.3 Å². The molecule has 4 nitrogen and oxygen atoms in total. The first-order valence-electron chi connectivity index (χ1n) is 4.24. The van der Waals surface area contributed by atoms with Crippen LogP contribution in [-0.2, 0) is 9.53 Å². The van der Waals surface area contributed by atoms with Crippen LogP contribution in [0.1, 0.15) is 16.1 Å². The summed E-state index contributed by atoms with van der Waals surface area (Å²) in [6.45, 7) is 0.293. The van der Waals surface area contributed by atoms with Gasteiger partial charge in [-0.05, 0) is 28.1 Å². The number of esters is 1. The fourth-order valence-electron chi connectivity index (χ4n) is 0.904. The molecule has 0 aliphatic heterocycles. The van der Waals surface area contributed by atoms with Gasteiger partial charge in [-0.3, -0.25) is 9.59 Å². The Hall–Kier alpha value is -0.880. The second-order valence-corrected chi connectivity index (χ2v) is 5.15.